The number of nitrogens with zero attached hydrogens (tertiary/aromatic N) is 1. The van der Waals surface area contributed by atoms with Gasteiger partial charge in [0, 0.05) is 24.7 Å². The molecule has 4 rings (SSSR count). The van der Waals surface area contributed by atoms with Crippen LogP contribution in [-0.2, 0) is 16.4 Å². The summed E-state index contributed by atoms with van der Waals surface area (Å²) in [5.41, 5.74) is 1.78. The molecule has 1 aliphatic rings. The number of carbonyl (C=O) groups excluding carboxylic acids is 1. The lowest BCUT2D eigenvalue weighted by Gasteiger charge is -2.19. The van der Waals surface area contributed by atoms with Crippen molar-refractivity contribution in [1.82, 2.24) is 5.32 Å². The van der Waals surface area contributed by atoms with Crippen LogP contribution in [0, 0.1) is 11.6 Å². The summed E-state index contributed by atoms with van der Waals surface area (Å²) in [5.74, 6) is -2.15. The van der Waals surface area contributed by atoms with Crippen LogP contribution in [0.15, 0.2) is 60.7 Å². The van der Waals surface area contributed by atoms with Gasteiger partial charge in [0.05, 0.1) is 24.1 Å². The zero-order valence-electron chi connectivity index (χ0n) is 17.8. The molecule has 3 aromatic carbocycles. The number of benzene rings is 3. The monoisotopic (exact) mass is 472 g/mol. The zero-order valence-corrected chi connectivity index (χ0v) is 18.7. The van der Waals surface area contributed by atoms with Gasteiger partial charge in [0.2, 0.25) is 10.0 Å². The molecule has 3 aromatic rings. The maximum Gasteiger partial charge on any atom is 0.254 e. The Morgan fingerprint density at radius 1 is 1.06 bits per heavy atom. The number of fused-ring (bicyclic) bond motifs is 1. The van der Waals surface area contributed by atoms with Gasteiger partial charge in [0.15, 0.2) is 0 Å². The molecule has 172 valence electrons. The molecule has 6 nitrogen and oxygen atoms in total. The van der Waals surface area contributed by atoms with Crippen molar-refractivity contribution < 1.29 is 26.7 Å². The van der Waals surface area contributed by atoms with E-state index in [-0.39, 0.29) is 29.0 Å². The first-order valence-electron chi connectivity index (χ1n) is 10.3. The third kappa shape index (κ3) is 4.68. The fraction of sp³-hybridized carbons (Fsp3) is 0.208. The van der Waals surface area contributed by atoms with Gasteiger partial charge in [-0.15, -0.1) is 0 Å². The van der Waals surface area contributed by atoms with E-state index >= 15 is 0 Å². The standard InChI is InChI=1S/C24H22F2N2O4S/c1-32-18-7-9-19(22(26)15-18)17-6-8-20(21(25)14-17)24(29)27-11-13-33(30,31)28-12-10-16-4-2-3-5-23(16)28/h2-9,14-15H,10-13H2,1H3,(H,27,29). The topological polar surface area (TPSA) is 75.7 Å². The first-order chi connectivity index (χ1) is 15.8. The number of rotatable bonds is 7. The summed E-state index contributed by atoms with van der Waals surface area (Å²) in [5, 5.41) is 2.45. The Kier molecular flexibility index (Phi) is 6.33. The molecule has 1 aliphatic heterocycles. The molecule has 0 spiro atoms. The largest absolute Gasteiger partial charge is 0.497 e. The number of sulfonamides is 1. The second-order valence-electron chi connectivity index (χ2n) is 7.56. The molecule has 0 unspecified atom stereocenters. The van der Waals surface area contributed by atoms with Crippen LogP contribution < -0.4 is 14.4 Å². The van der Waals surface area contributed by atoms with E-state index in [1.165, 1.54) is 35.7 Å². The highest BCUT2D eigenvalue weighted by Gasteiger charge is 2.28. The van der Waals surface area contributed by atoms with Gasteiger partial charge in [-0.2, -0.15) is 0 Å². The number of halogens is 2. The number of hydrogen-bond acceptors (Lipinski definition) is 4. The third-order valence-corrected chi connectivity index (χ3v) is 7.30. The molecular formula is C24H22F2N2O4S. The Hall–Kier alpha value is -3.46. The normalized spacial score (nSPS) is 13.0. The fourth-order valence-corrected chi connectivity index (χ4v) is 5.25. The number of methoxy groups -OCH3 is 1. The van der Waals surface area contributed by atoms with E-state index in [0.717, 1.165) is 11.6 Å². The summed E-state index contributed by atoms with van der Waals surface area (Å²) in [6.45, 7) is 0.182. The van der Waals surface area contributed by atoms with E-state index in [4.69, 9.17) is 4.74 Å². The van der Waals surface area contributed by atoms with E-state index in [1.54, 1.807) is 18.2 Å². The molecule has 0 saturated heterocycles. The summed E-state index contributed by atoms with van der Waals surface area (Å²) in [6.07, 6.45) is 0.633. The number of carbonyl (C=O) groups is 1. The van der Waals surface area contributed by atoms with Crippen molar-refractivity contribution in [1.29, 1.82) is 0 Å². The van der Waals surface area contributed by atoms with E-state index in [1.807, 2.05) is 12.1 Å². The fourth-order valence-electron chi connectivity index (χ4n) is 3.82. The summed E-state index contributed by atoms with van der Waals surface area (Å²) >= 11 is 0. The molecule has 0 atom stereocenters. The van der Waals surface area contributed by atoms with Gasteiger partial charge in [-0.25, -0.2) is 17.2 Å². The second kappa shape index (κ2) is 9.19. The predicted octanol–water partition coefficient (Wildman–Crippen LogP) is 3.76. The predicted molar refractivity (Wildman–Crippen MR) is 122 cm³/mol. The van der Waals surface area contributed by atoms with Crippen molar-refractivity contribution in [3.63, 3.8) is 0 Å². The summed E-state index contributed by atoms with van der Waals surface area (Å²) < 4.78 is 60.6. The number of para-hydroxylation sites is 1. The highest BCUT2D eigenvalue weighted by molar-refractivity contribution is 7.92. The molecule has 1 amide bonds. The smallest absolute Gasteiger partial charge is 0.254 e. The molecule has 0 saturated carbocycles. The Balaban J connectivity index is 1.41. The number of ether oxygens (including phenoxy) is 1. The van der Waals surface area contributed by atoms with Crippen molar-refractivity contribution >= 4 is 21.6 Å². The van der Waals surface area contributed by atoms with Crippen molar-refractivity contribution in [2.24, 2.45) is 0 Å². The Morgan fingerprint density at radius 3 is 2.58 bits per heavy atom. The molecule has 0 aromatic heterocycles. The highest BCUT2D eigenvalue weighted by Crippen LogP contribution is 2.30. The van der Waals surface area contributed by atoms with Crippen molar-refractivity contribution in [3.05, 3.63) is 83.4 Å². The molecule has 1 heterocycles. The first kappa shape index (κ1) is 22.7. The van der Waals surface area contributed by atoms with Gasteiger partial charge in [-0.05, 0) is 47.9 Å². The SMILES string of the molecule is COc1ccc(-c2ccc(C(=O)NCCS(=O)(=O)N3CCc4ccccc43)c(F)c2)c(F)c1. The Morgan fingerprint density at radius 2 is 1.85 bits per heavy atom. The Bertz CT molecular complexity index is 1310. The van der Waals surface area contributed by atoms with Gasteiger partial charge in [0.1, 0.15) is 17.4 Å². The summed E-state index contributed by atoms with van der Waals surface area (Å²) in [4.78, 5) is 12.4. The number of hydrogen-bond donors (Lipinski definition) is 1. The molecule has 0 radical (unpaired) electrons. The summed E-state index contributed by atoms with van der Waals surface area (Å²) in [6, 6.07) is 15.2. The van der Waals surface area contributed by atoms with Crippen LogP contribution in [0.25, 0.3) is 11.1 Å². The number of nitrogens with one attached hydrogen (secondary N) is 1. The van der Waals surface area contributed by atoms with Gasteiger partial charge < -0.3 is 10.1 Å². The summed E-state index contributed by atoms with van der Waals surface area (Å²) in [7, 11) is -2.23. The molecule has 9 heteroatoms. The molecule has 1 N–H and O–H groups in total. The van der Waals surface area contributed by atoms with Crippen LogP contribution in [0.2, 0.25) is 0 Å². The molecule has 0 aliphatic carbocycles. The Labute approximate surface area is 190 Å². The average Bonchev–Trinajstić information content (AvgIpc) is 3.24. The van der Waals surface area contributed by atoms with Gasteiger partial charge >= 0.3 is 0 Å². The van der Waals surface area contributed by atoms with E-state index in [2.05, 4.69) is 5.32 Å². The minimum absolute atomic E-state index is 0.165. The molecular weight excluding hydrogens is 450 g/mol. The lowest BCUT2D eigenvalue weighted by atomic mass is 10.0. The van der Waals surface area contributed by atoms with Crippen LogP contribution in [0.1, 0.15) is 15.9 Å². The third-order valence-electron chi connectivity index (χ3n) is 5.53. The molecule has 0 fully saturated rings. The second-order valence-corrected chi connectivity index (χ2v) is 9.58. The number of anilines is 1. The van der Waals surface area contributed by atoms with Crippen LogP contribution >= 0.6 is 0 Å². The van der Waals surface area contributed by atoms with E-state index in [9.17, 15) is 22.0 Å². The van der Waals surface area contributed by atoms with Crippen molar-refractivity contribution in [2.75, 3.05) is 30.3 Å². The average molecular weight is 473 g/mol. The maximum absolute atomic E-state index is 14.6. The molecule has 0 bridgehead atoms. The van der Waals surface area contributed by atoms with E-state index < -0.39 is 27.6 Å². The van der Waals surface area contributed by atoms with Crippen LogP contribution in [-0.4, -0.2) is 40.3 Å². The minimum atomic E-state index is -3.64. The number of amides is 1. The zero-order chi connectivity index (χ0) is 23.6. The van der Waals surface area contributed by atoms with Crippen molar-refractivity contribution in [3.8, 4) is 16.9 Å². The molecule has 33 heavy (non-hydrogen) atoms. The van der Waals surface area contributed by atoms with Gasteiger partial charge in [0.25, 0.3) is 5.91 Å². The quantitative estimate of drug-likeness (QED) is 0.568. The minimum Gasteiger partial charge on any atom is -0.497 e. The van der Waals surface area contributed by atoms with Crippen LogP contribution in [0.5, 0.6) is 5.75 Å². The van der Waals surface area contributed by atoms with E-state index in [0.29, 0.717) is 24.4 Å². The van der Waals surface area contributed by atoms with Gasteiger partial charge in [-0.3, -0.25) is 9.10 Å². The lowest BCUT2D eigenvalue weighted by Crippen LogP contribution is -2.37. The van der Waals surface area contributed by atoms with Crippen LogP contribution in [0.4, 0.5) is 14.5 Å². The maximum atomic E-state index is 14.6. The first-order valence-corrected chi connectivity index (χ1v) is 11.9. The highest BCUT2D eigenvalue weighted by atomic mass is 32.2. The van der Waals surface area contributed by atoms with Crippen LogP contribution in [0.3, 0.4) is 0 Å². The van der Waals surface area contributed by atoms with Crippen molar-refractivity contribution in [2.45, 2.75) is 6.42 Å². The lowest BCUT2D eigenvalue weighted by molar-refractivity contribution is 0.0952. The van der Waals surface area contributed by atoms with Gasteiger partial charge in [-0.1, -0.05) is 24.3 Å².